The molecule has 0 fully saturated rings. The Morgan fingerprint density at radius 3 is 2.64 bits per heavy atom. The number of hydrogen-bond acceptors (Lipinski definition) is 2. The first kappa shape index (κ1) is 15.0. The largest absolute Gasteiger partial charge is 0.322 e. The number of benzene rings is 2. The molecule has 22 heavy (non-hydrogen) atoms. The zero-order valence-corrected chi connectivity index (χ0v) is 14.4. The molecule has 0 spiro atoms. The van der Waals surface area contributed by atoms with Gasteiger partial charge < -0.3 is 5.32 Å². The number of hydrogen-bond donors (Lipinski definition) is 1. The molecule has 0 radical (unpaired) electrons. The standard InChI is InChI=1S/C18H14BrNOS/c1-12-6-2-4-8-14(12)20-17(21)11-10-16-18(19)13-7-3-5-9-15(13)22-16/h2-11H,1H3,(H,20,21)/b11-10+. The zero-order chi connectivity index (χ0) is 15.5. The Balaban J connectivity index is 1.79. The number of carbonyl (C=O) groups is 1. The first-order valence-corrected chi connectivity index (χ1v) is 8.48. The molecule has 0 aliphatic rings. The van der Waals surface area contributed by atoms with Crippen LogP contribution in [-0.2, 0) is 4.79 Å². The Labute approximate surface area is 141 Å². The normalized spacial score (nSPS) is 11.2. The van der Waals surface area contributed by atoms with Crippen LogP contribution < -0.4 is 5.32 Å². The first-order valence-electron chi connectivity index (χ1n) is 6.87. The first-order chi connectivity index (χ1) is 10.6. The minimum absolute atomic E-state index is 0.126. The highest BCUT2D eigenvalue weighted by molar-refractivity contribution is 9.10. The quantitative estimate of drug-likeness (QED) is 0.594. The van der Waals surface area contributed by atoms with Gasteiger partial charge >= 0.3 is 0 Å². The van der Waals surface area contributed by atoms with Gasteiger partial charge in [-0.2, -0.15) is 0 Å². The van der Waals surface area contributed by atoms with Crippen molar-refractivity contribution in [3.05, 3.63) is 69.5 Å². The number of nitrogens with one attached hydrogen (secondary N) is 1. The molecule has 1 aromatic heterocycles. The van der Waals surface area contributed by atoms with Crippen LogP contribution in [-0.4, -0.2) is 5.91 Å². The number of carbonyl (C=O) groups excluding carboxylic acids is 1. The van der Waals surface area contributed by atoms with Crippen LogP contribution in [0, 0.1) is 6.92 Å². The molecule has 0 saturated heterocycles. The third kappa shape index (κ3) is 3.13. The molecule has 0 aliphatic carbocycles. The number of anilines is 1. The fourth-order valence-electron chi connectivity index (χ4n) is 2.18. The van der Waals surface area contributed by atoms with Crippen molar-refractivity contribution >= 4 is 55.0 Å². The summed E-state index contributed by atoms with van der Waals surface area (Å²) in [5.41, 5.74) is 1.89. The Morgan fingerprint density at radius 2 is 1.86 bits per heavy atom. The van der Waals surface area contributed by atoms with E-state index in [0.29, 0.717) is 0 Å². The van der Waals surface area contributed by atoms with Crippen LogP contribution in [0.5, 0.6) is 0 Å². The minimum atomic E-state index is -0.126. The second kappa shape index (κ2) is 6.46. The smallest absolute Gasteiger partial charge is 0.248 e. The third-order valence-electron chi connectivity index (χ3n) is 3.35. The summed E-state index contributed by atoms with van der Waals surface area (Å²) < 4.78 is 2.24. The van der Waals surface area contributed by atoms with Crippen LogP contribution in [0.3, 0.4) is 0 Å². The fraction of sp³-hybridized carbons (Fsp3) is 0.0556. The maximum Gasteiger partial charge on any atom is 0.248 e. The summed E-state index contributed by atoms with van der Waals surface area (Å²) in [4.78, 5) is 13.1. The molecule has 0 saturated carbocycles. The van der Waals surface area contributed by atoms with Gasteiger partial charge in [-0.3, -0.25) is 4.79 Å². The second-order valence-corrected chi connectivity index (χ2v) is 6.79. The van der Waals surface area contributed by atoms with Crippen LogP contribution >= 0.6 is 27.3 Å². The number of para-hydroxylation sites is 1. The predicted octanol–water partition coefficient (Wildman–Crippen LogP) is 5.62. The summed E-state index contributed by atoms with van der Waals surface area (Å²) in [7, 11) is 0. The van der Waals surface area contributed by atoms with Crippen LogP contribution in [0.2, 0.25) is 0 Å². The molecule has 4 heteroatoms. The zero-order valence-electron chi connectivity index (χ0n) is 12.0. The topological polar surface area (TPSA) is 29.1 Å². The van der Waals surface area contributed by atoms with Crippen molar-refractivity contribution in [2.45, 2.75) is 6.92 Å². The lowest BCUT2D eigenvalue weighted by atomic mass is 10.2. The molecule has 1 N–H and O–H groups in total. The van der Waals surface area contributed by atoms with E-state index in [-0.39, 0.29) is 5.91 Å². The number of rotatable bonds is 3. The van der Waals surface area contributed by atoms with E-state index in [0.717, 1.165) is 20.6 Å². The summed E-state index contributed by atoms with van der Waals surface area (Å²) in [5, 5.41) is 4.07. The average Bonchev–Trinajstić information content (AvgIpc) is 2.84. The monoisotopic (exact) mass is 371 g/mol. The van der Waals surface area contributed by atoms with Gasteiger partial charge in [0.15, 0.2) is 0 Å². The van der Waals surface area contributed by atoms with Gasteiger partial charge in [-0.15, -0.1) is 11.3 Å². The molecule has 0 unspecified atom stereocenters. The molecule has 2 nitrogen and oxygen atoms in total. The highest BCUT2D eigenvalue weighted by atomic mass is 79.9. The van der Waals surface area contributed by atoms with Gasteiger partial charge in [0.25, 0.3) is 0 Å². The van der Waals surface area contributed by atoms with Crippen LogP contribution in [0.4, 0.5) is 5.69 Å². The van der Waals surface area contributed by atoms with E-state index in [1.54, 1.807) is 17.4 Å². The molecule has 1 heterocycles. The van der Waals surface area contributed by atoms with Crippen LogP contribution in [0.15, 0.2) is 59.1 Å². The van der Waals surface area contributed by atoms with E-state index < -0.39 is 0 Å². The molecule has 0 aliphatic heterocycles. The van der Waals surface area contributed by atoms with Gasteiger partial charge in [0.1, 0.15) is 0 Å². The average molecular weight is 372 g/mol. The van der Waals surface area contributed by atoms with Crippen molar-refractivity contribution in [2.24, 2.45) is 0 Å². The minimum Gasteiger partial charge on any atom is -0.322 e. The Hall–Kier alpha value is -1.91. The maximum atomic E-state index is 12.1. The Bertz CT molecular complexity index is 866. The molecule has 0 bridgehead atoms. The van der Waals surface area contributed by atoms with Crippen molar-refractivity contribution < 1.29 is 4.79 Å². The molecule has 1 amide bonds. The van der Waals surface area contributed by atoms with Gasteiger partial charge in [0.2, 0.25) is 5.91 Å². The van der Waals surface area contributed by atoms with Gasteiger partial charge in [-0.25, -0.2) is 0 Å². The number of thiophene rings is 1. The summed E-state index contributed by atoms with van der Waals surface area (Å²) in [6.45, 7) is 1.97. The van der Waals surface area contributed by atoms with Gasteiger partial charge in [-0.1, -0.05) is 36.4 Å². The van der Waals surface area contributed by atoms with Crippen molar-refractivity contribution in [3.8, 4) is 0 Å². The summed E-state index contributed by atoms with van der Waals surface area (Å²) in [6.07, 6.45) is 3.42. The lowest BCUT2D eigenvalue weighted by Crippen LogP contribution is -2.08. The summed E-state index contributed by atoms with van der Waals surface area (Å²) >= 11 is 5.27. The van der Waals surface area contributed by atoms with Crippen LogP contribution in [0.25, 0.3) is 16.2 Å². The maximum absolute atomic E-state index is 12.1. The van der Waals surface area contributed by atoms with E-state index in [1.165, 1.54) is 10.1 Å². The van der Waals surface area contributed by atoms with E-state index >= 15 is 0 Å². The molecular weight excluding hydrogens is 358 g/mol. The molecule has 110 valence electrons. The van der Waals surface area contributed by atoms with Gasteiger partial charge in [-0.05, 0) is 46.6 Å². The Kier molecular flexibility index (Phi) is 4.41. The molecule has 3 aromatic rings. The van der Waals surface area contributed by atoms with Gasteiger partial charge in [0.05, 0.1) is 0 Å². The number of halogens is 1. The third-order valence-corrected chi connectivity index (χ3v) is 5.60. The van der Waals surface area contributed by atoms with Crippen molar-refractivity contribution in [3.63, 3.8) is 0 Å². The molecule has 3 rings (SSSR count). The highest BCUT2D eigenvalue weighted by Crippen LogP contribution is 2.36. The lowest BCUT2D eigenvalue weighted by molar-refractivity contribution is -0.111. The van der Waals surface area contributed by atoms with Crippen molar-refractivity contribution in [2.75, 3.05) is 5.32 Å². The Morgan fingerprint density at radius 1 is 1.14 bits per heavy atom. The van der Waals surface area contributed by atoms with Crippen molar-refractivity contribution in [1.29, 1.82) is 0 Å². The number of fused-ring (bicyclic) bond motifs is 1. The van der Waals surface area contributed by atoms with E-state index in [2.05, 4.69) is 33.4 Å². The lowest BCUT2D eigenvalue weighted by Gasteiger charge is -2.04. The van der Waals surface area contributed by atoms with Crippen LogP contribution in [0.1, 0.15) is 10.4 Å². The SMILES string of the molecule is Cc1ccccc1NC(=O)/C=C/c1sc2ccccc2c1Br. The molecular formula is C18H14BrNOS. The van der Waals surface area contributed by atoms with Crippen molar-refractivity contribution in [1.82, 2.24) is 0 Å². The number of aryl methyl sites for hydroxylation is 1. The van der Waals surface area contributed by atoms with E-state index in [4.69, 9.17) is 0 Å². The number of amides is 1. The predicted molar refractivity (Wildman–Crippen MR) is 98.4 cm³/mol. The molecule has 0 atom stereocenters. The van der Waals surface area contributed by atoms with E-state index in [1.807, 2.05) is 49.4 Å². The summed E-state index contributed by atoms with van der Waals surface area (Å²) in [6, 6.07) is 15.9. The molecule has 2 aromatic carbocycles. The second-order valence-electron chi connectivity index (χ2n) is 4.91. The van der Waals surface area contributed by atoms with E-state index in [9.17, 15) is 4.79 Å². The fourth-order valence-corrected chi connectivity index (χ4v) is 4.03. The summed E-state index contributed by atoms with van der Waals surface area (Å²) in [5.74, 6) is -0.126. The van der Waals surface area contributed by atoms with Gasteiger partial charge in [0, 0.05) is 31.2 Å². The highest BCUT2D eigenvalue weighted by Gasteiger charge is 2.07.